The number of carbonyl (C=O) groups is 1. The van der Waals surface area contributed by atoms with Crippen molar-refractivity contribution in [2.24, 2.45) is 0 Å². The lowest BCUT2D eigenvalue weighted by Crippen LogP contribution is -1.99. The van der Waals surface area contributed by atoms with Crippen molar-refractivity contribution in [2.75, 3.05) is 0 Å². The van der Waals surface area contributed by atoms with Gasteiger partial charge in [0, 0.05) is 0 Å². The van der Waals surface area contributed by atoms with E-state index in [0.29, 0.717) is 5.56 Å². The maximum atomic E-state index is 12.1. The van der Waals surface area contributed by atoms with Gasteiger partial charge in [-0.3, -0.25) is 0 Å². The molecule has 5 aromatic carbocycles. The monoisotopic (exact) mass is 322 g/mol. The summed E-state index contributed by atoms with van der Waals surface area (Å²) < 4.78 is 0. The highest BCUT2D eigenvalue weighted by Crippen LogP contribution is 2.34. The number of rotatable bonds is 1. The van der Waals surface area contributed by atoms with Gasteiger partial charge in [0.1, 0.15) is 0 Å². The van der Waals surface area contributed by atoms with Crippen molar-refractivity contribution in [3.63, 3.8) is 0 Å². The SMILES string of the molecule is O=C(O)c1c2cc3ccccc3cc2cc2cc3ccccc3cc12. The lowest BCUT2D eigenvalue weighted by atomic mass is 9.92. The van der Waals surface area contributed by atoms with Crippen LogP contribution in [0.5, 0.6) is 0 Å². The summed E-state index contributed by atoms with van der Waals surface area (Å²) in [5.74, 6) is -0.888. The van der Waals surface area contributed by atoms with E-state index in [1.54, 1.807) is 0 Å². The standard InChI is InChI=1S/C23H14O2/c24-23(25)22-20-12-16-7-3-1-5-14(16)9-18(20)11-19-10-15-6-2-4-8-17(15)13-21(19)22/h1-13H,(H,24,25). The second-order valence-corrected chi connectivity index (χ2v) is 6.40. The van der Waals surface area contributed by atoms with E-state index in [1.807, 2.05) is 48.5 Å². The molecule has 0 atom stereocenters. The lowest BCUT2D eigenvalue weighted by molar-refractivity contribution is 0.0701. The summed E-state index contributed by atoms with van der Waals surface area (Å²) in [6.45, 7) is 0. The summed E-state index contributed by atoms with van der Waals surface area (Å²) in [6.07, 6.45) is 0. The second kappa shape index (κ2) is 5.05. The molecule has 0 radical (unpaired) electrons. The van der Waals surface area contributed by atoms with Gasteiger partial charge < -0.3 is 5.11 Å². The Morgan fingerprint density at radius 2 is 0.920 bits per heavy atom. The molecule has 0 amide bonds. The van der Waals surface area contributed by atoms with Crippen LogP contribution in [-0.4, -0.2) is 11.1 Å². The summed E-state index contributed by atoms with van der Waals surface area (Å²) in [7, 11) is 0. The Hall–Kier alpha value is -3.39. The Kier molecular flexibility index (Phi) is 2.83. The van der Waals surface area contributed by atoms with Crippen LogP contribution >= 0.6 is 0 Å². The smallest absolute Gasteiger partial charge is 0.336 e. The Morgan fingerprint density at radius 3 is 1.32 bits per heavy atom. The van der Waals surface area contributed by atoms with Gasteiger partial charge in [-0.2, -0.15) is 0 Å². The van der Waals surface area contributed by atoms with Crippen LogP contribution in [0.2, 0.25) is 0 Å². The van der Waals surface area contributed by atoms with Crippen molar-refractivity contribution in [1.29, 1.82) is 0 Å². The molecule has 0 aliphatic carbocycles. The van der Waals surface area contributed by atoms with Crippen LogP contribution in [-0.2, 0) is 0 Å². The quantitative estimate of drug-likeness (QED) is 0.384. The average molecular weight is 322 g/mol. The van der Waals surface area contributed by atoms with E-state index in [0.717, 1.165) is 43.1 Å². The molecule has 0 bridgehead atoms. The van der Waals surface area contributed by atoms with Crippen LogP contribution in [0.4, 0.5) is 0 Å². The van der Waals surface area contributed by atoms with Crippen LogP contribution in [0.3, 0.4) is 0 Å². The van der Waals surface area contributed by atoms with Crippen molar-refractivity contribution in [2.45, 2.75) is 0 Å². The molecule has 2 heteroatoms. The van der Waals surface area contributed by atoms with Crippen molar-refractivity contribution in [1.82, 2.24) is 0 Å². The third-order valence-electron chi connectivity index (χ3n) is 4.90. The molecule has 0 fully saturated rings. The third kappa shape index (κ3) is 2.08. The molecule has 25 heavy (non-hydrogen) atoms. The number of benzene rings is 5. The molecule has 0 saturated carbocycles. The molecular weight excluding hydrogens is 308 g/mol. The molecule has 5 rings (SSSR count). The number of hydrogen-bond acceptors (Lipinski definition) is 1. The molecule has 0 spiro atoms. The maximum Gasteiger partial charge on any atom is 0.336 e. The molecule has 0 heterocycles. The summed E-state index contributed by atoms with van der Waals surface area (Å²) in [5, 5.41) is 17.8. The van der Waals surface area contributed by atoms with Crippen molar-refractivity contribution < 1.29 is 9.90 Å². The summed E-state index contributed by atoms with van der Waals surface area (Å²) in [6, 6.07) is 26.3. The fourth-order valence-corrected chi connectivity index (χ4v) is 3.73. The molecule has 0 aromatic heterocycles. The van der Waals surface area contributed by atoms with Gasteiger partial charge in [-0.25, -0.2) is 4.79 Å². The first-order chi connectivity index (χ1) is 12.2. The molecule has 5 aromatic rings. The number of fused-ring (bicyclic) bond motifs is 4. The van der Waals surface area contributed by atoms with E-state index in [2.05, 4.69) is 30.3 Å². The molecule has 0 unspecified atom stereocenters. The van der Waals surface area contributed by atoms with Crippen molar-refractivity contribution in [3.05, 3.63) is 84.4 Å². The van der Waals surface area contributed by atoms with E-state index in [-0.39, 0.29) is 0 Å². The molecule has 2 nitrogen and oxygen atoms in total. The molecule has 0 aliphatic rings. The number of carboxylic acid groups (broad SMARTS) is 1. The van der Waals surface area contributed by atoms with Gasteiger partial charge in [0.25, 0.3) is 0 Å². The van der Waals surface area contributed by atoms with Gasteiger partial charge >= 0.3 is 5.97 Å². The minimum Gasteiger partial charge on any atom is -0.478 e. The normalized spacial score (nSPS) is 11.5. The number of hydrogen-bond donors (Lipinski definition) is 1. The highest BCUT2D eigenvalue weighted by atomic mass is 16.4. The minimum atomic E-state index is -0.888. The lowest BCUT2D eigenvalue weighted by Gasteiger charge is -2.11. The number of carboxylic acids is 1. The predicted molar refractivity (Wildman–Crippen MR) is 103 cm³/mol. The largest absolute Gasteiger partial charge is 0.478 e. The van der Waals surface area contributed by atoms with E-state index < -0.39 is 5.97 Å². The molecule has 1 N–H and O–H groups in total. The van der Waals surface area contributed by atoms with Crippen LogP contribution in [0, 0.1) is 0 Å². The van der Waals surface area contributed by atoms with Crippen LogP contribution in [0.25, 0.3) is 43.1 Å². The van der Waals surface area contributed by atoms with Gasteiger partial charge in [-0.1, -0.05) is 48.5 Å². The van der Waals surface area contributed by atoms with Gasteiger partial charge in [0.05, 0.1) is 5.56 Å². The van der Waals surface area contributed by atoms with Crippen molar-refractivity contribution >= 4 is 49.1 Å². The van der Waals surface area contributed by atoms with Gasteiger partial charge in [0.2, 0.25) is 0 Å². The van der Waals surface area contributed by atoms with Crippen LogP contribution in [0.1, 0.15) is 10.4 Å². The fraction of sp³-hybridized carbons (Fsp3) is 0. The predicted octanol–water partition coefficient (Wildman–Crippen LogP) is 6.00. The van der Waals surface area contributed by atoms with Gasteiger partial charge in [0.15, 0.2) is 0 Å². The topological polar surface area (TPSA) is 37.3 Å². The Bertz CT molecular complexity index is 1220. The first kappa shape index (κ1) is 14.0. The van der Waals surface area contributed by atoms with E-state index in [4.69, 9.17) is 0 Å². The molecule has 118 valence electrons. The van der Waals surface area contributed by atoms with E-state index in [1.165, 1.54) is 0 Å². The fourth-order valence-electron chi connectivity index (χ4n) is 3.73. The summed E-state index contributed by atoms with van der Waals surface area (Å²) in [5.41, 5.74) is 0.379. The minimum absolute atomic E-state index is 0.379. The zero-order valence-corrected chi connectivity index (χ0v) is 13.4. The zero-order chi connectivity index (χ0) is 17.0. The Morgan fingerprint density at radius 1 is 0.560 bits per heavy atom. The average Bonchev–Trinajstić information content (AvgIpc) is 2.62. The van der Waals surface area contributed by atoms with Gasteiger partial charge in [-0.15, -0.1) is 0 Å². The van der Waals surface area contributed by atoms with Crippen LogP contribution in [0.15, 0.2) is 78.9 Å². The van der Waals surface area contributed by atoms with Gasteiger partial charge in [-0.05, 0) is 73.4 Å². The number of aromatic carboxylic acids is 1. The third-order valence-corrected chi connectivity index (χ3v) is 4.90. The Balaban J connectivity index is 2.03. The van der Waals surface area contributed by atoms with E-state index >= 15 is 0 Å². The molecular formula is C23H14O2. The summed E-state index contributed by atoms with van der Waals surface area (Å²) in [4.78, 5) is 12.1. The second-order valence-electron chi connectivity index (χ2n) is 6.40. The van der Waals surface area contributed by atoms with Crippen LogP contribution < -0.4 is 0 Å². The maximum absolute atomic E-state index is 12.1. The summed E-state index contributed by atoms with van der Waals surface area (Å²) >= 11 is 0. The first-order valence-electron chi connectivity index (χ1n) is 8.22. The molecule has 0 aliphatic heterocycles. The zero-order valence-electron chi connectivity index (χ0n) is 13.4. The molecule has 0 saturated heterocycles. The highest BCUT2D eigenvalue weighted by Gasteiger charge is 2.15. The van der Waals surface area contributed by atoms with E-state index in [9.17, 15) is 9.90 Å². The van der Waals surface area contributed by atoms with Crippen molar-refractivity contribution in [3.8, 4) is 0 Å². The Labute approximate surface area is 143 Å². The highest BCUT2D eigenvalue weighted by molar-refractivity contribution is 6.20. The first-order valence-corrected chi connectivity index (χ1v) is 8.22.